The highest BCUT2D eigenvalue weighted by atomic mass is 19.1. The van der Waals surface area contributed by atoms with Crippen LogP contribution < -0.4 is 10.1 Å². The first-order valence-corrected chi connectivity index (χ1v) is 6.80. The summed E-state index contributed by atoms with van der Waals surface area (Å²) in [5.41, 5.74) is 1.45. The molecule has 6 nitrogen and oxygen atoms in total. The van der Waals surface area contributed by atoms with Crippen LogP contribution in [0.15, 0.2) is 36.4 Å². The Kier molecular flexibility index (Phi) is 4.90. The summed E-state index contributed by atoms with van der Waals surface area (Å²) >= 11 is 0. The lowest BCUT2D eigenvalue weighted by molar-refractivity contribution is -0.387. The van der Waals surface area contributed by atoms with E-state index in [-0.39, 0.29) is 12.3 Å². The highest BCUT2D eigenvalue weighted by molar-refractivity contribution is 5.92. The van der Waals surface area contributed by atoms with Gasteiger partial charge in [0, 0.05) is 11.8 Å². The molecule has 0 aliphatic heterocycles. The summed E-state index contributed by atoms with van der Waals surface area (Å²) in [5.74, 6) is -0.896. The number of nitrogens with one attached hydrogen (secondary N) is 1. The Bertz CT molecular complexity index is 741. The molecule has 2 aromatic carbocycles. The van der Waals surface area contributed by atoms with Crippen molar-refractivity contribution >= 4 is 17.3 Å². The van der Waals surface area contributed by atoms with Gasteiger partial charge in [0.25, 0.3) is 5.91 Å². The smallest absolute Gasteiger partial charge is 0.306 e. The number of ether oxygens (including phenoxy) is 1. The number of halogens is 1. The van der Waals surface area contributed by atoms with E-state index in [0.29, 0.717) is 5.75 Å². The maximum Gasteiger partial charge on any atom is 0.306 e. The van der Waals surface area contributed by atoms with Crippen molar-refractivity contribution in [2.45, 2.75) is 13.8 Å². The third kappa shape index (κ3) is 4.50. The molecule has 23 heavy (non-hydrogen) atoms. The molecule has 2 aromatic rings. The van der Waals surface area contributed by atoms with Crippen molar-refractivity contribution in [1.29, 1.82) is 0 Å². The Labute approximate surface area is 132 Å². The fourth-order valence-corrected chi connectivity index (χ4v) is 2.09. The minimum absolute atomic E-state index is 0.132. The van der Waals surface area contributed by atoms with Gasteiger partial charge in [0.1, 0.15) is 5.75 Å². The Morgan fingerprint density at radius 1 is 1.22 bits per heavy atom. The number of nitro groups is 1. The molecule has 0 unspecified atom stereocenters. The second kappa shape index (κ2) is 6.87. The van der Waals surface area contributed by atoms with Gasteiger partial charge in [-0.05, 0) is 49.2 Å². The fourth-order valence-electron chi connectivity index (χ4n) is 2.09. The first-order valence-electron chi connectivity index (χ1n) is 6.80. The molecule has 7 heteroatoms. The van der Waals surface area contributed by atoms with Gasteiger partial charge in [-0.2, -0.15) is 4.39 Å². The second-order valence-corrected chi connectivity index (χ2v) is 5.08. The summed E-state index contributed by atoms with van der Waals surface area (Å²) in [7, 11) is 0. The summed E-state index contributed by atoms with van der Waals surface area (Å²) < 4.78 is 18.6. The number of rotatable bonds is 5. The lowest BCUT2D eigenvalue weighted by atomic mass is 10.1. The first-order chi connectivity index (χ1) is 10.8. The van der Waals surface area contributed by atoms with Crippen LogP contribution in [0.25, 0.3) is 0 Å². The summed E-state index contributed by atoms with van der Waals surface area (Å²) in [6.07, 6.45) is 0. The summed E-state index contributed by atoms with van der Waals surface area (Å²) in [6.45, 7) is 3.57. The highest BCUT2D eigenvalue weighted by Crippen LogP contribution is 2.21. The molecule has 0 saturated carbocycles. The number of amides is 1. The summed E-state index contributed by atoms with van der Waals surface area (Å²) in [5, 5.41) is 13.1. The van der Waals surface area contributed by atoms with Gasteiger partial charge >= 0.3 is 5.69 Å². The first kappa shape index (κ1) is 16.4. The van der Waals surface area contributed by atoms with Crippen LogP contribution in [0.1, 0.15) is 11.1 Å². The molecular weight excluding hydrogens is 303 g/mol. The number of nitro benzene ring substituents is 1. The van der Waals surface area contributed by atoms with Crippen molar-refractivity contribution in [2.24, 2.45) is 0 Å². The van der Waals surface area contributed by atoms with Crippen LogP contribution in [0, 0.1) is 29.8 Å². The predicted octanol–water partition coefficient (Wildman–Crippen LogP) is 3.37. The van der Waals surface area contributed by atoms with Gasteiger partial charge in [-0.25, -0.2) is 0 Å². The minimum atomic E-state index is -0.959. The second-order valence-electron chi connectivity index (χ2n) is 5.08. The van der Waals surface area contributed by atoms with E-state index in [1.165, 1.54) is 6.07 Å². The maximum atomic E-state index is 13.2. The largest absolute Gasteiger partial charge is 0.484 e. The molecule has 0 aliphatic rings. The minimum Gasteiger partial charge on any atom is -0.484 e. The van der Waals surface area contributed by atoms with E-state index in [0.717, 1.165) is 23.3 Å². The molecule has 0 aromatic heterocycles. The molecule has 0 radical (unpaired) electrons. The molecular formula is C16H15FN2O4. The lowest BCUT2D eigenvalue weighted by Gasteiger charge is -2.09. The Hall–Kier alpha value is -2.96. The van der Waals surface area contributed by atoms with Crippen LogP contribution >= 0.6 is 0 Å². The van der Waals surface area contributed by atoms with Gasteiger partial charge < -0.3 is 10.1 Å². The molecule has 2 rings (SSSR count). The van der Waals surface area contributed by atoms with Gasteiger partial charge in [0.05, 0.1) is 4.92 Å². The molecule has 0 fully saturated rings. The summed E-state index contributed by atoms with van der Waals surface area (Å²) in [4.78, 5) is 21.6. The number of nitrogens with zero attached hydrogens (tertiary/aromatic N) is 1. The van der Waals surface area contributed by atoms with Crippen molar-refractivity contribution in [3.63, 3.8) is 0 Å². The van der Waals surface area contributed by atoms with Gasteiger partial charge in [0.2, 0.25) is 5.82 Å². The standard InChI is InChI=1S/C16H15FN2O4/c1-10-5-11(2)7-13(6-10)23-9-16(20)18-12-3-4-14(17)15(8-12)19(21)22/h3-8H,9H2,1-2H3,(H,18,20). The summed E-state index contributed by atoms with van der Waals surface area (Å²) in [6, 6.07) is 8.70. The predicted molar refractivity (Wildman–Crippen MR) is 83.1 cm³/mol. The molecule has 0 heterocycles. The van der Waals surface area contributed by atoms with Crippen LogP contribution in [-0.2, 0) is 4.79 Å². The van der Waals surface area contributed by atoms with Crippen molar-refractivity contribution < 1.29 is 18.8 Å². The van der Waals surface area contributed by atoms with E-state index in [2.05, 4.69) is 5.32 Å². The third-order valence-corrected chi connectivity index (χ3v) is 2.99. The van der Waals surface area contributed by atoms with Gasteiger partial charge in [-0.15, -0.1) is 0 Å². The fraction of sp³-hybridized carbons (Fsp3) is 0.188. The molecule has 1 amide bonds. The van der Waals surface area contributed by atoms with Crippen LogP contribution in [0.2, 0.25) is 0 Å². The molecule has 1 N–H and O–H groups in total. The number of carbonyl (C=O) groups is 1. The van der Waals surface area contributed by atoms with Crippen LogP contribution in [0.4, 0.5) is 15.8 Å². The van der Waals surface area contributed by atoms with E-state index in [9.17, 15) is 19.3 Å². The van der Waals surface area contributed by atoms with Crippen LogP contribution in [0.5, 0.6) is 5.75 Å². The maximum absolute atomic E-state index is 13.2. The van der Waals surface area contributed by atoms with Crippen LogP contribution in [-0.4, -0.2) is 17.4 Å². The Balaban J connectivity index is 1.99. The molecule has 0 aliphatic carbocycles. The molecule has 120 valence electrons. The van der Waals surface area contributed by atoms with E-state index < -0.39 is 22.3 Å². The number of carbonyl (C=O) groups excluding carboxylic acids is 1. The number of hydrogen-bond donors (Lipinski definition) is 1. The number of anilines is 1. The topological polar surface area (TPSA) is 81.5 Å². The average molecular weight is 318 g/mol. The van der Waals surface area contributed by atoms with Crippen molar-refractivity contribution in [1.82, 2.24) is 0 Å². The zero-order chi connectivity index (χ0) is 17.0. The molecule has 0 bridgehead atoms. The van der Waals surface area contributed by atoms with E-state index in [1.807, 2.05) is 19.9 Å². The monoisotopic (exact) mass is 318 g/mol. The quantitative estimate of drug-likeness (QED) is 0.677. The Morgan fingerprint density at radius 3 is 2.48 bits per heavy atom. The Morgan fingerprint density at radius 2 is 1.87 bits per heavy atom. The molecule has 0 spiro atoms. The zero-order valence-corrected chi connectivity index (χ0v) is 12.6. The van der Waals surface area contributed by atoms with Crippen molar-refractivity contribution in [3.05, 3.63) is 63.5 Å². The number of aryl methyl sites for hydroxylation is 2. The average Bonchev–Trinajstić information content (AvgIpc) is 2.46. The van der Waals surface area contributed by atoms with E-state index >= 15 is 0 Å². The van der Waals surface area contributed by atoms with Crippen molar-refractivity contribution in [2.75, 3.05) is 11.9 Å². The van der Waals surface area contributed by atoms with E-state index in [1.54, 1.807) is 12.1 Å². The zero-order valence-electron chi connectivity index (χ0n) is 12.6. The molecule has 0 atom stereocenters. The van der Waals surface area contributed by atoms with Gasteiger partial charge in [-0.3, -0.25) is 14.9 Å². The number of benzene rings is 2. The third-order valence-electron chi connectivity index (χ3n) is 2.99. The SMILES string of the molecule is Cc1cc(C)cc(OCC(=O)Nc2ccc(F)c([N+](=O)[O-])c2)c1. The normalized spacial score (nSPS) is 10.2. The number of hydrogen-bond acceptors (Lipinski definition) is 4. The van der Waals surface area contributed by atoms with Gasteiger partial charge in [0.15, 0.2) is 6.61 Å². The molecule has 0 saturated heterocycles. The van der Waals surface area contributed by atoms with Gasteiger partial charge in [-0.1, -0.05) is 6.07 Å². The van der Waals surface area contributed by atoms with E-state index in [4.69, 9.17) is 4.74 Å². The lowest BCUT2D eigenvalue weighted by Crippen LogP contribution is -2.20. The van der Waals surface area contributed by atoms with Crippen molar-refractivity contribution in [3.8, 4) is 5.75 Å². The highest BCUT2D eigenvalue weighted by Gasteiger charge is 2.15. The van der Waals surface area contributed by atoms with Crippen LogP contribution in [0.3, 0.4) is 0 Å².